The van der Waals surface area contributed by atoms with Crippen LogP contribution in [0.4, 0.5) is 0 Å². The number of rotatable bonds is 4. The zero-order valence-electron chi connectivity index (χ0n) is 21.0. The average Bonchev–Trinajstić information content (AvgIpc) is 3.37. The maximum Gasteiger partial charge on any atom is 0.107 e. The molecule has 0 aromatic heterocycles. The van der Waals surface area contributed by atoms with Gasteiger partial charge in [-0.05, 0) is 45.8 Å². The summed E-state index contributed by atoms with van der Waals surface area (Å²) in [6.07, 6.45) is 5.04. The molecule has 2 unspecified atom stereocenters. The van der Waals surface area contributed by atoms with Gasteiger partial charge in [0.15, 0.2) is 0 Å². The van der Waals surface area contributed by atoms with E-state index < -0.39 is 8.07 Å². The van der Waals surface area contributed by atoms with Crippen LogP contribution in [0.15, 0.2) is 109 Å². The third-order valence-electron chi connectivity index (χ3n) is 8.38. The summed E-state index contributed by atoms with van der Waals surface area (Å²) in [5, 5.41) is 8.84. The van der Waals surface area contributed by atoms with Crippen LogP contribution in [-0.4, -0.2) is 8.07 Å². The van der Waals surface area contributed by atoms with Crippen molar-refractivity contribution in [2.75, 3.05) is 0 Å². The minimum Gasteiger partial charge on any atom is -0.0627 e. The molecule has 2 aliphatic carbocycles. The van der Waals surface area contributed by atoms with Crippen molar-refractivity contribution < 1.29 is 0 Å². The third kappa shape index (κ3) is 3.18. The number of hydrogen-bond acceptors (Lipinski definition) is 0. The molecule has 0 radical (unpaired) electrons. The smallest absolute Gasteiger partial charge is 0.0627 e. The van der Waals surface area contributed by atoms with Gasteiger partial charge in [0.1, 0.15) is 8.07 Å². The summed E-state index contributed by atoms with van der Waals surface area (Å²) >= 11 is 0. The van der Waals surface area contributed by atoms with E-state index in [1.54, 1.807) is 10.4 Å². The average molecular weight is 469 g/mol. The predicted molar refractivity (Wildman–Crippen MR) is 152 cm³/mol. The lowest BCUT2D eigenvalue weighted by Gasteiger charge is -2.43. The molecule has 0 aliphatic heterocycles. The summed E-state index contributed by atoms with van der Waals surface area (Å²) in [4.78, 5) is 0. The molecule has 6 rings (SSSR count). The van der Waals surface area contributed by atoms with E-state index in [9.17, 15) is 0 Å². The molecule has 4 aromatic rings. The van der Waals surface area contributed by atoms with Gasteiger partial charge in [-0.1, -0.05) is 145 Å². The molecule has 0 fully saturated rings. The second kappa shape index (κ2) is 7.80. The topological polar surface area (TPSA) is 0 Å². The molecule has 2 aliphatic rings. The zero-order valence-corrected chi connectivity index (χ0v) is 22.0. The van der Waals surface area contributed by atoms with Crippen molar-refractivity contribution in [2.45, 2.75) is 37.8 Å². The van der Waals surface area contributed by atoms with Crippen LogP contribution in [-0.2, 0) is 10.8 Å². The highest BCUT2D eigenvalue weighted by atomic mass is 28.3. The van der Waals surface area contributed by atoms with E-state index in [0.29, 0.717) is 0 Å². The van der Waals surface area contributed by atoms with E-state index in [2.05, 4.69) is 148 Å². The standard InChI is InChI=1S/C34H32Si/c1-33(27-17-7-5-8-18-27)23-25-15-11-13-21-29(25)31(33)35(3,4)32-30-22-14-12-16-26(30)24-34(32,2)28-19-9-6-10-20-28/h5-24H,1-4H3. The molecule has 1 heteroatoms. The molecule has 0 spiro atoms. The second-order valence-electron chi connectivity index (χ2n) is 11.0. The third-order valence-corrected chi connectivity index (χ3v) is 12.5. The number of fused-ring (bicyclic) bond motifs is 2. The molecule has 0 bridgehead atoms. The quantitative estimate of drug-likeness (QED) is 0.371. The highest BCUT2D eigenvalue weighted by molar-refractivity contribution is 7.07. The first-order chi connectivity index (χ1) is 16.9. The lowest BCUT2D eigenvalue weighted by molar-refractivity contribution is 0.832. The SMILES string of the molecule is CC1(c2ccccc2)C=c2ccccc2=C1[Si](C)(C)C1=c2ccccc2=CC1(C)c1ccccc1. The Hall–Kier alpha value is -3.42. The van der Waals surface area contributed by atoms with Gasteiger partial charge in [0.25, 0.3) is 0 Å². The van der Waals surface area contributed by atoms with Gasteiger partial charge in [-0.2, -0.15) is 0 Å². The number of hydrogen-bond donors (Lipinski definition) is 0. The van der Waals surface area contributed by atoms with Gasteiger partial charge >= 0.3 is 0 Å². The van der Waals surface area contributed by atoms with Gasteiger partial charge in [-0.25, -0.2) is 0 Å². The van der Waals surface area contributed by atoms with Gasteiger partial charge in [-0.15, -0.1) is 0 Å². The molecule has 0 saturated carbocycles. The molecule has 4 aromatic carbocycles. The van der Waals surface area contributed by atoms with E-state index in [0.717, 1.165) is 0 Å². The van der Waals surface area contributed by atoms with Crippen LogP contribution in [0.5, 0.6) is 0 Å². The van der Waals surface area contributed by atoms with Crippen molar-refractivity contribution in [3.8, 4) is 0 Å². The van der Waals surface area contributed by atoms with Crippen LogP contribution in [0.2, 0.25) is 13.1 Å². The lowest BCUT2D eigenvalue weighted by atomic mass is 9.83. The molecule has 0 saturated heterocycles. The first-order valence-corrected chi connectivity index (χ1v) is 15.6. The minimum atomic E-state index is -2.21. The van der Waals surface area contributed by atoms with Crippen LogP contribution in [0.1, 0.15) is 25.0 Å². The van der Waals surface area contributed by atoms with Crippen molar-refractivity contribution in [3.63, 3.8) is 0 Å². The van der Waals surface area contributed by atoms with E-state index in [-0.39, 0.29) is 10.8 Å². The van der Waals surface area contributed by atoms with Crippen molar-refractivity contribution in [1.82, 2.24) is 0 Å². The highest BCUT2D eigenvalue weighted by Crippen LogP contribution is 2.49. The monoisotopic (exact) mass is 468 g/mol. The van der Waals surface area contributed by atoms with E-state index in [1.807, 2.05) is 0 Å². The molecule has 0 nitrogen and oxygen atoms in total. The molecular weight excluding hydrogens is 436 g/mol. The lowest BCUT2D eigenvalue weighted by Crippen LogP contribution is -2.48. The van der Waals surface area contributed by atoms with Gasteiger partial charge in [0.05, 0.1) is 0 Å². The Bertz CT molecular complexity index is 1550. The highest BCUT2D eigenvalue weighted by Gasteiger charge is 2.49. The van der Waals surface area contributed by atoms with Crippen molar-refractivity contribution in [3.05, 3.63) is 141 Å². The Morgan fingerprint density at radius 3 is 1.20 bits per heavy atom. The molecule has 0 N–H and O–H groups in total. The fraction of sp³-hybridized carbons (Fsp3) is 0.176. The Kier molecular flexibility index (Phi) is 4.91. The van der Waals surface area contributed by atoms with Crippen LogP contribution in [0.25, 0.3) is 22.5 Å². The minimum absolute atomic E-state index is 0.136. The van der Waals surface area contributed by atoms with Crippen LogP contribution < -0.4 is 20.9 Å². The van der Waals surface area contributed by atoms with E-state index >= 15 is 0 Å². The summed E-state index contributed by atoms with van der Waals surface area (Å²) in [7, 11) is -2.21. The predicted octanol–water partition coefficient (Wildman–Crippen LogP) is 4.98. The van der Waals surface area contributed by atoms with Gasteiger partial charge in [0.2, 0.25) is 0 Å². The summed E-state index contributed by atoms with van der Waals surface area (Å²) in [5.41, 5.74) is 2.49. The van der Waals surface area contributed by atoms with Gasteiger partial charge in [0, 0.05) is 10.8 Å². The summed E-state index contributed by atoms with van der Waals surface area (Å²) in [6, 6.07) is 40.3. The van der Waals surface area contributed by atoms with Gasteiger partial charge in [-0.3, -0.25) is 0 Å². The molecular formula is C34H32Si. The molecule has 35 heavy (non-hydrogen) atoms. The first-order valence-electron chi connectivity index (χ1n) is 12.6. The summed E-state index contributed by atoms with van der Waals surface area (Å²) in [6.45, 7) is 10.1. The fourth-order valence-electron chi connectivity index (χ4n) is 7.15. The Morgan fingerprint density at radius 2 is 0.800 bits per heavy atom. The maximum absolute atomic E-state index is 2.59. The Labute approximate surface area is 209 Å². The van der Waals surface area contributed by atoms with Crippen LogP contribution in [0, 0.1) is 0 Å². The van der Waals surface area contributed by atoms with E-state index in [4.69, 9.17) is 0 Å². The summed E-state index contributed by atoms with van der Waals surface area (Å²) < 4.78 is 0. The zero-order chi connectivity index (χ0) is 24.3. The van der Waals surface area contributed by atoms with Crippen molar-refractivity contribution in [1.29, 1.82) is 0 Å². The van der Waals surface area contributed by atoms with Crippen LogP contribution in [0.3, 0.4) is 0 Å². The largest absolute Gasteiger partial charge is 0.107 e. The number of benzene rings is 4. The second-order valence-corrected chi connectivity index (χ2v) is 15.2. The first kappa shape index (κ1) is 22.1. The van der Waals surface area contributed by atoms with E-state index in [1.165, 1.54) is 32.0 Å². The van der Waals surface area contributed by atoms with Crippen LogP contribution >= 0.6 is 0 Å². The molecule has 172 valence electrons. The van der Waals surface area contributed by atoms with Crippen molar-refractivity contribution in [2.24, 2.45) is 0 Å². The molecule has 0 amide bonds. The maximum atomic E-state index is 2.59. The van der Waals surface area contributed by atoms with Gasteiger partial charge < -0.3 is 0 Å². The fourth-order valence-corrected chi connectivity index (χ4v) is 12.2. The molecule has 0 heterocycles. The molecule has 2 atom stereocenters. The Balaban J connectivity index is 1.71. The Morgan fingerprint density at radius 1 is 0.457 bits per heavy atom. The normalized spacial score (nSPS) is 22.9. The van der Waals surface area contributed by atoms with Crippen molar-refractivity contribution >= 4 is 30.6 Å². The summed E-state index contributed by atoms with van der Waals surface area (Å²) in [5.74, 6) is 0.